The predicted octanol–water partition coefficient (Wildman–Crippen LogP) is 6.34. The van der Waals surface area contributed by atoms with E-state index >= 15 is 0 Å². The van der Waals surface area contributed by atoms with E-state index in [1.165, 1.54) is 18.2 Å². The minimum atomic E-state index is -0.985. The molecule has 0 heterocycles. The summed E-state index contributed by atoms with van der Waals surface area (Å²) in [6.07, 6.45) is 1.49. The summed E-state index contributed by atoms with van der Waals surface area (Å²) in [6.45, 7) is 2.18. The van der Waals surface area contributed by atoms with Crippen molar-refractivity contribution in [2.75, 3.05) is 5.32 Å². The van der Waals surface area contributed by atoms with Gasteiger partial charge in [-0.15, -0.1) is 0 Å². The van der Waals surface area contributed by atoms with Crippen molar-refractivity contribution >= 4 is 55.5 Å². The molecule has 0 bridgehead atoms. The largest absolute Gasteiger partial charge is 0.487 e. The van der Waals surface area contributed by atoms with Gasteiger partial charge >= 0.3 is 5.97 Å². The Bertz CT molecular complexity index is 1240. The maximum Gasteiger partial charge on any atom is 0.335 e. The van der Waals surface area contributed by atoms with Gasteiger partial charge in [0, 0.05) is 5.69 Å². The maximum atomic E-state index is 12.5. The number of carboxylic acids is 1. The number of amides is 1. The van der Waals surface area contributed by atoms with Crippen LogP contribution in [0.15, 0.2) is 75.2 Å². The number of nitrogens with zero attached hydrogens (tertiary/aromatic N) is 1. The molecule has 0 fully saturated rings. The highest BCUT2D eigenvalue weighted by Gasteiger charge is 2.13. The third kappa shape index (κ3) is 6.54. The average Bonchev–Trinajstić information content (AvgIpc) is 2.78. The van der Waals surface area contributed by atoms with Gasteiger partial charge in [0.2, 0.25) is 0 Å². The lowest BCUT2D eigenvalue weighted by Gasteiger charge is -2.12. The monoisotopic (exact) mass is 568 g/mol. The molecule has 0 aromatic heterocycles. The summed E-state index contributed by atoms with van der Waals surface area (Å²) in [6, 6.07) is 19.1. The Morgan fingerprint density at radius 2 is 1.67 bits per heavy atom. The van der Waals surface area contributed by atoms with Crippen LogP contribution >= 0.6 is 31.9 Å². The Balaban J connectivity index is 1.74. The van der Waals surface area contributed by atoms with E-state index in [-0.39, 0.29) is 17.7 Å². The van der Waals surface area contributed by atoms with E-state index in [1.54, 1.807) is 36.4 Å². The molecule has 0 aliphatic carbocycles. The van der Waals surface area contributed by atoms with Crippen LogP contribution in [0.4, 0.5) is 5.69 Å². The van der Waals surface area contributed by atoms with Gasteiger partial charge < -0.3 is 15.2 Å². The van der Waals surface area contributed by atoms with E-state index < -0.39 is 11.9 Å². The number of nitriles is 1. The van der Waals surface area contributed by atoms with Crippen molar-refractivity contribution in [2.24, 2.45) is 0 Å². The molecule has 0 spiro atoms. The Kier molecular flexibility index (Phi) is 8.04. The zero-order valence-electron chi connectivity index (χ0n) is 17.4. The Hall–Kier alpha value is -3.41. The highest BCUT2D eigenvalue weighted by atomic mass is 79.9. The van der Waals surface area contributed by atoms with Crippen LogP contribution in [-0.2, 0) is 11.4 Å². The zero-order valence-corrected chi connectivity index (χ0v) is 20.6. The molecule has 0 aliphatic rings. The fourth-order valence-electron chi connectivity index (χ4n) is 2.85. The molecule has 0 saturated heterocycles. The first kappa shape index (κ1) is 24.2. The van der Waals surface area contributed by atoms with Crippen LogP contribution in [-0.4, -0.2) is 17.0 Å². The molecule has 0 unspecified atom stereocenters. The second-order valence-corrected chi connectivity index (χ2v) is 8.80. The SMILES string of the molecule is Cc1ccc(NC(=O)/C(C#N)=C/c2cc(Br)c(OCc3ccc(C(=O)O)cc3)c(Br)c2)cc1. The van der Waals surface area contributed by atoms with Crippen LogP contribution in [0, 0.1) is 18.3 Å². The molecule has 3 aromatic carbocycles. The summed E-state index contributed by atoms with van der Waals surface area (Å²) >= 11 is 6.93. The molecule has 6 nitrogen and oxygen atoms in total. The van der Waals surface area contributed by atoms with Crippen molar-refractivity contribution in [1.29, 1.82) is 5.26 Å². The first-order valence-electron chi connectivity index (χ1n) is 9.70. The quantitative estimate of drug-likeness (QED) is 0.255. The van der Waals surface area contributed by atoms with Crippen LogP contribution in [0.2, 0.25) is 0 Å². The van der Waals surface area contributed by atoms with Crippen LogP contribution < -0.4 is 10.1 Å². The smallest absolute Gasteiger partial charge is 0.335 e. The first-order chi connectivity index (χ1) is 15.8. The Labute approximate surface area is 207 Å². The Morgan fingerprint density at radius 1 is 1.06 bits per heavy atom. The topological polar surface area (TPSA) is 99.4 Å². The lowest BCUT2D eigenvalue weighted by atomic mass is 10.1. The molecule has 0 saturated carbocycles. The number of anilines is 1. The van der Waals surface area contributed by atoms with E-state index in [9.17, 15) is 14.9 Å². The van der Waals surface area contributed by atoms with Gasteiger partial charge in [0.05, 0.1) is 14.5 Å². The van der Waals surface area contributed by atoms with E-state index in [0.29, 0.717) is 25.9 Å². The number of aromatic carboxylic acids is 1. The number of nitrogens with one attached hydrogen (secondary N) is 1. The van der Waals surface area contributed by atoms with Crippen LogP contribution in [0.3, 0.4) is 0 Å². The van der Waals surface area contributed by atoms with Crippen molar-refractivity contribution in [3.05, 3.63) is 97.4 Å². The van der Waals surface area contributed by atoms with Gasteiger partial charge in [-0.1, -0.05) is 29.8 Å². The van der Waals surface area contributed by atoms with E-state index in [1.807, 2.05) is 25.1 Å². The standard InChI is InChI=1S/C25H18Br2N2O4/c1-15-2-8-20(9-3-15)29-24(30)19(13-28)10-17-11-21(26)23(22(27)12-17)33-14-16-4-6-18(7-5-16)25(31)32/h2-12H,14H2,1H3,(H,29,30)(H,31,32)/b19-10+. The van der Waals surface area contributed by atoms with Gasteiger partial charge in [0.15, 0.2) is 0 Å². The first-order valence-corrected chi connectivity index (χ1v) is 11.3. The summed E-state index contributed by atoms with van der Waals surface area (Å²) in [4.78, 5) is 23.5. The van der Waals surface area contributed by atoms with Crippen molar-refractivity contribution < 1.29 is 19.4 Å². The Morgan fingerprint density at radius 3 is 2.21 bits per heavy atom. The fraction of sp³-hybridized carbons (Fsp3) is 0.0800. The van der Waals surface area contributed by atoms with Crippen LogP contribution in [0.25, 0.3) is 6.08 Å². The van der Waals surface area contributed by atoms with Gasteiger partial charge in [-0.2, -0.15) is 5.26 Å². The van der Waals surface area contributed by atoms with Gasteiger partial charge in [0.1, 0.15) is 24.0 Å². The van der Waals surface area contributed by atoms with Crippen molar-refractivity contribution in [2.45, 2.75) is 13.5 Å². The second-order valence-electron chi connectivity index (χ2n) is 7.09. The number of benzene rings is 3. The molecule has 0 radical (unpaired) electrons. The number of aryl methyl sites for hydroxylation is 1. The number of hydrogen-bond acceptors (Lipinski definition) is 4. The average molecular weight is 570 g/mol. The molecule has 33 heavy (non-hydrogen) atoms. The van der Waals surface area contributed by atoms with E-state index in [2.05, 4.69) is 37.2 Å². The number of carbonyl (C=O) groups is 2. The number of halogens is 2. The summed E-state index contributed by atoms with van der Waals surface area (Å²) in [7, 11) is 0. The molecular weight excluding hydrogens is 552 g/mol. The highest BCUT2D eigenvalue weighted by Crippen LogP contribution is 2.36. The number of hydrogen-bond donors (Lipinski definition) is 2. The molecule has 2 N–H and O–H groups in total. The molecule has 8 heteroatoms. The summed E-state index contributed by atoms with van der Waals surface area (Å²) < 4.78 is 7.12. The van der Waals surface area contributed by atoms with Gasteiger partial charge in [-0.3, -0.25) is 4.79 Å². The molecular formula is C25H18Br2N2O4. The number of ether oxygens (including phenoxy) is 1. The third-order valence-corrected chi connectivity index (χ3v) is 5.77. The molecule has 3 rings (SSSR count). The van der Waals surface area contributed by atoms with Gasteiger partial charge in [-0.25, -0.2) is 4.79 Å². The van der Waals surface area contributed by atoms with Crippen molar-refractivity contribution in [3.63, 3.8) is 0 Å². The lowest BCUT2D eigenvalue weighted by molar-refractivity contribution is -0.112. The van der Waals surface area contributed by atoms with Crippen LogP contribution in [0.1, 0.15) is 27.0 Å². The maximum absolute atomic E-state index is 12.5. The summed E-state index contributed by atoms with van der Waals surface area (Å²) in [5.41, 5.74) is 3.27. The third-order valence-electron chi connectivity index (χ3n) is 4.59. The number of carboxylic acid groups (broad SMARTS) is 1. The van der Waals surface area contributed by atoms with Gasteiger partial charge in [-0.05, 0) is 92.4 Å². The molecule has 0 atom stereocenters. The number of carbonyl (C=O) groups excluding carboxylic acids is 1. The van der Waals surface area contributed by atoms with Crippen molar-refractivity contribution in [1.82, 2.24) is 0 Å². The molecule has 1 amide bonds. The van der Waals surface area contributed by atoms with E-state index in [4.69, 9.17) is 9.84 Å². The van der Waals surface area contributed by atoms with Crippen molar-refractivity contribution in [3.8, 4) is 11.8 Å². The molecule has 3 aromatic rings. The summed E-state index contributed by atoms with van der Waals surface area (Å²) in [5, 5.41) is 21.2. The van der Waals surface area contributed by atoms with Crippen LogP contribution in [0.5, 0.6) is 5.75 Å². The minimum absolute atomic E-state index is 0.0402. The summed E-state index contributed by atoms with van der Waals surface area (Å²) in [5.74, 6) is -0.948. The van der Waals surface area contributed by atoms with E-state index in [0.717, 1.165) is 11.1 Å². The molecule has 166 valence electrons. The second kappa shape index (κ2) is 10.9. The zero-order chi connectivity index (χ0) is 24.0. The van der Waals surface area contributed by atoms with Gasteiger partial charge in [0.25, 0.3) is 5.91 Å². The minimum Gasteiger partial charge on any atom is -0.487 e. The highest BCUT2D eigenvalue weighted by molar-refractivity contribution is 9.11. The molecule has 0 aliphatic heterocycles. The predicted molar refractivity (Wildman–Crippen MR) is 133 cm³/mol. The number of rotatable bonds is 7. The fourth-order valence-corrected chi connectivity index (χ4v) is 4.30. The normalized spacial score (nSPS) is 10.9. The lowest BCUT2D eigenvalue weighted by Crippen LogP contribution is -2.13.